The number of rotatable bonds is 9. The van der Waals surface area contributed by atoms with Crippen LogP contribution in [0.25, 0.3) is 0 Å². The van der Waals surface area contributed by atoms with E-state index >= 15 is 0 Å². The van der Waals surface area contributed by atoms with Gasteiger partial charge in [-0.1, -0.05) is 55.0 Å². The lowest BCUT2D eigenvalue weighted by Gasteiger charge is -2.08. The highest BCUT2D eigenvalue weighted by Crippen LogP contribution is 2.15. The normalized spacial score (nSPS) is 10.8. The minimum atomic E-state index is 0.0673. The number of hydrogen-bond acceptors (Lipinski definition) is 3. The maximum absolute atomic E-state index is 12.4. The van der Waals surface area contributed by atoms with Crippen molar-refractivity contribution in [2.75, 3.05) is 0 Å². The van der Waals surface area contributed by atoms with Crippen molar-refractivity contribution in [1.82, 2.24) is 4.98 Å². The quantitative estimate of drug-likeness (QED) is 0.438. The molecule has 0 unspecified atom stereocenters. The van der Waals surface area contributed by atoms with Crippen LogP contribution >= 0.6 is 0 Å². The van der Waals surface area contributed by atoms with Crippen LogP contribution in [0.1, 0.15) is 63.6 Å². The van der Waals surface area contributed by atoms with Crippen LogP contribution < -0.4 is 0 Å². The Morgan fingerprint density at radius 1 is 0.867 bits per heavy atom. The Kier molecular flexibility index (Phi) is 7.29. The average Bonchev–Trinajstić information content (AvgIpc) is 2.75. The number of hydrogen-bond donors (Lipinski definition) is 0. The van der Waals surface area contributed by atoms with Crippen molar-refractivity contribution in [2.45, 2.75) is 52.9 Å². The van der Waals surface area contributed by atoms with Crippen molar-refractivity contribution in [3.63, 3.8) is 0 Å². The molecule has 1 aromatic heterocycles. The SMILES string of the molecule is CCC(=O)c1cc(Cc2ccc(CCC(=O)Cc3ccc(C)cc3C)cc2)ccn1. The van der Waals surface area contributed by atoms with Gasteiger partial charge in [0.15, 0.2) is 5.78 Å². The Labute approximate surface area is 179 Å². The molecule has 3 nitrogen and oxygen atoms in total. The Bertz CT molecular complexity index is 1030. The molecule has 154 valence electrons. The van der Waals surface area contributed by atoms with Crippen LogP contribution in [0.2, 0.25) is 0 Å². The zero-order valence-corrected chi connectivity index (χ0v) is 18.1. The number of carbonyl (C=O) groups excluding carboxylic acids is 2. The molecular formula is C27H29NO2. The van der Waals surface area contributed by atoms with E-state index in [0.717, 1.165) is 24.0 Å². The van der Waals surface area contributed by atoms with E-state index in [0.29, 0.717) is 25.0 Å². The van der Waals surface area contributed by atoms with Gasteiger partial charge in [-0.3, -0.25) is 14.6 Å². The van der Waals surface area contributed by atoms with E-state index in [1.165, 1.54) is 22.3 Å². The van der Waals surface area contributed by atoms with Gasteiger partial charge in [-0.15, -0.1) is 0 Å². The predicted octanol–water partition coefficient (Wildman–Crippen LogP) is 5.63. The van der Waals surface area contributed by atoms with E-state index in [4.69, 9.17) is 0 Å². The molecule has 0 fully saturated rings. The fourth-order valence-corrected chi connectivity index (χ4v) is 3.61. The van der Waals surface area contributed by atoms with E-state index in [1.54, 1.807) is 6.20 Å². The number of carbonyl (C=O) groups is 2. The summed E-state index contributed by atoms with van der Waals surface area (Å²) in [6.45, 7) is 5.99. The standard InChI is InChI=1S/C27H29NO2/c1-4-27(30)26-17-23(13-14-28-26)16-22-8-6-21(7-9-22)10-12-25(29)18-24-11-5-19(2)15-20(24)3/h5-9,11,13-15,17H,4,10,12,16,18H2,1-3H3. The van der Waals surface area contributed by atoms with E-state index in [-0.39, 0.29) is 11.6 Å². The highest BCUT2D eigenvalue weighted by Gasteiger charge is 2.08. The van der Waals surface area contributed by atoms with Crippen LogP contribution in [0.5, 0.6) is 0 Å². The van der Waals surface area contributed by atoms with Gasteiger partial charge < -0.3 is 0 Å². The van der Waals surface area contributed by atoms with Crippen LogP contribution in [0, 0.1) is 13.8 Å². The van der Waals surface area contributed by atoms with Gasteiger partial charge in [-0.05, 0) is 66.6 Å². The Balaban J connectivity index is 1.54. The van der Waals surface area contributed by atoms with Gasteiger partial charge >= 0.3 is 0 Å². The highest BCUT2D eigenvalue weighted by atomic mass is 16.1. The van der Waals surface area contributed by atoms with Gasteiger partial charge in [-0.25, -0.2) is 0 Å². The maximum Gasteiger partial charge on any atom is 0.180 e. The second-order valence-electron chi connectivity index (χ2n) is 7.96. The summed E-state index contributed by atoms with van der Waals surface area (Å²) in [7, 11) is 0. The highest BCUT2D eigenvalue weighted by molar-refractivity contribution is 5.94. The third kappa shape index (κ3) is 5.96. The number of ketones is 2. The van der Waals surface area contributed by atoms with Gasteiger partial charge in [0.25, 0.3) is 0 Å². The lowest BCUT2D eigenvalue weighted by molar-refractivity contribution is -0.118. The minimum Gasteiger partial charge on any atom is -0.299 e. The topological polar surface area (TPSA) is 47.0 Å². The summed E-state index contributed by atoms with van der Waals surface area (Å²) in [5.74, 6) is 0.341. The summed E-state index contributed by atoms with van der Waals surface area (Å²) >= 11 is 0. The molecule has 0 bridgehead atoms. The van der Waals surface area contributed by atoms with Gasteiger partial charge in [0.05, 0.1) is 0 Å². The first-order valence-corrected chi connectivity index (χ1v) is 10.6. The van der Waals surface area contributed by atoms with Gasteiger partial charge in [0.1, 0.15) is 11.5 Å². The van der Waals surface area contributed by atoms with Crippen LogP contribution in [0.15, 0.2) is 60.8 Å². The molecule has 0 aliphatic rings. The van der Waals surface area contributed by atoms with E-state index in [1.807, 2.05) is 19.1 Å². The fourth-order valence-electron chi connectivity index (χ4n) is 3.61. The Hall–Kier alpha value is -3.07. The third-order valence-corrected chi connectivity index (χ3v) is 5.44. The maximum atomic E-state index is 12.4. The van der Waals surface area contributed by atoms with Crippen molar-refractivity contribution >= 4 is 11.6 Å². The van der Waals surface area contributed by atoms with Gasteiger partial charge in [-0.2, -0.15) is 0 Å². The molecular weight excluding hydrogens is 370 g/mol. The number of benzene rings is 2. The molecule has 0 spiro atoms. The van der Waals surface area contributed by atoms with Crippen LogP contribution in [0.4, 0.5) is 0 Å². The molecule has 0 atom stereocenters. The van der Waals surface area contributed by atoms with Crippen molar-refractivity contribution in [1.29, 1.82) is 0 Å². The second kappa shape index (κ2) is 10.1. The minimum absolute atomic E-state index is 0.0673. The second-order valence-corrected chi connectivity index (χ2v) is 7.96. The molecule has 2 aromatic carbocycles. The number of pyridine rings is 1. The van der Waals surface area contributed by atoms with Gasteiger partial charge in [0.2, 0.25) is 0 Å². The number of aromatic nitrogens is 1. The van der Waals surface area contributed by atoms with Crippen molar-refractivity contribution in [3.8, 4) is 0 Å². The van der Waals surface area contributed by atoms with Crippen molar-refractivity contribution in [3.05, 3.63) is 99.9 Å². The summed E-state index contributed by atoms with van der Waals surface area (Å²) in [5.41, 5.74) is 7.51. The first kappa shape index (κ1) is 21.6. The summed E-state index contributed by atoms with van der Waals surface area (Å²) < 4.78 is 0. The Morgan fingerprint density at radius 3 is 2.30 bits per heavy atom. The molecule has 1 heterocycles. The van der Waals surface area contributed by atoms with E-state index < -0.39 is 0 Å². The van der Waals surface area contributed by atoms with E-state index in [9.17, 15) is 9.59 Å². The monoisotopic (exact) mass is 399 g/mol. The number of nitrogens with zero attached hydrogens (tertiary/aromatic N) is 1. The summed E-state index contributed by atoms with van der Waals surface area (Å²) in [6, 6.07) is 18.5. The fraction of sp³-hybridized carbons (Fsp3) is 0.296. The third-order valence-electron chi connectivity index (χ3n) is 5.44. The molecule has 0 saturated carbocycles. The molecule has 0 amide bonds. The summed E-state index contributed by atoms with van der Waals surface area (Å²) in [5, 5.41) is 0. The smallest absolute Gasteiger partial charge is 0.180 e. The van der Waals surface area contributed by atoms with Crippen LogP contribution in [-0.4, -0.2) is 16.6 Å². The van der Waals surface area contributed by atoms with Crippen molar-refractivity contribution in [2.24, 2.45) is 0 Å². The lowest BCUT2D eigenvalue weighted by atomic mass is 9.97. The molecule has 0 aliphatic heterocycles. The molecule has 0 saturated heterocycles. The number of Topliss-reactive ketones (excluding diaryl/α,β-unsaturated/α-hetero) is 2. The first-order chi connectivity index (χ1) is 14.4. The molecule has 3 rings (SSSR count). The van der Waals surface area contributed by atoms with Crippen molar-refractivity contribution < 1.29 is 9.59 Å². The largest absolute Gasteiger partial charge is 0.299 e. The van der Waals surface area contributed by atoms with Gasteiger partial charge in [0, 0.05) is 25.5 Å². The predicted molar refractivity (Wildman–Crippen MR) is 121 cm³/mol. The average molecular weight is 400 g/mol. The molecule has 3 aromatic rings. The molecule has 3 heteroatoms. The molecule has 0 N–H and O–H groups in total. The molecule has 0 radical (unpaired) electrons. The lowest BCUT2D eigenvalue weighted by Crippen LogP contribution is -2.06. The van der Waals surface area contributed by atoms with Crippen LogP contribution in [0.3, 0.4) is 0 Å². The summed E-state index contributed by atoms with van der Waals surface area (Å²) in [4.78, 5) is 28.4. The first-order valence-electron chi connectivity index (χ1n) is 10.6. The Morgan fingerprint density at radius 2 is 1.60 bits per heavy atom. The molecule has 30 heavy (non-hydrogen) atoms. The molecule has 0 aliphatic carbocycles. The number of aryl methyl sites for hydroxylation is 3. The van der Waals surface area contributed by atoms with Crippen LogP contribution in [-0.2, 0) is 24.1 Å². The zero-order valence-electron chi connectivity index (χ0n) is 18.1. The van der Waals surface area contributed by atoms with E-state index in [2.05, 4.69) is 61.3 Å². The summed E-state index contributed by atoms with van der Waals surface area (Å²) in [6.07, 6.45) is 4.75. The zero-order chi connectivity index (χ0) is 21.5.